The Morgan fingerprint density at radius 1 is 1.05 bits per heavy atom. The normalized spacial score (nSPS) is 17.6. The summed E-state index contributed by atoms with van der Waals surface area (Å²) in [6, 6.07) is 8.73. The zero-order valence-corrected chi connectivity index (χ0v) is 14.2. The van der Waals surface area contributed by atoms with Crippen LogP contribution in [0.1, 0.15) is 64.5 Å². The van der Waals surface area contributed by atoms with Crippen molar-refractivity contribution in [1.82, 2.24) is 4.90 Å². The van der Waals surface area contributed by atoms with Crippen molar-refractivity contribution in [1.29, 1.82) is 0 Å². The third-order valence-electron chi connectivity index (χ3n) is 4.44. The maximum atomic E-state index is 3.48. The lowest BCUT2D eigenvalue weighted by Gasteiger charge is -2.39. The van der Waals surface area contributed by atoms with Gasteiger partial charge in [-0.1, -0.05) is 37.8 Å². The predicted molar refractivity (Wildman–Crippen MR) is 91.5 cm³/mol. The third-order valence-corrected chi connectivity index (χ3v) is 4.44. The number of rotatable bonds is 1. The molecule has 0 N–H and O–H groups in total. The highest BCUT2D eigenvalue weighted by Crippen LogP contribution is 2.23. The van der Waals surface area contributed by atoms with Crippen molar-refractivity contribution in [2.75, 3.05) is 13.1 Å². The van der Waals surface area contributed by atoms with Crippen LogP contribution in [0.15, 0.2) is 24.3 Å². The fraction of sp³-hybridized carbons (Fsp3) is 0.600. The second kappa shape index (κ2) is 6.67. The van der Waals surface area contributed by atoms with Gasteiger partial charge in [-0.25, -0.2) is 0 Å². The van der Waals surface area contributed by atoms with E-state index in [1.54, 1.807) is 0 Å². The molecule has 0 unspecified atom stereocenters. The summed E-state index contributed by atoms with van der Waals surface area (Å²) in [6.45, 7) is 13.7. The molecular weight excluding hydrogens is 254 g/mol. The molecule has 1 aromatic rings. The summed E-state index contributed by atoms with van der Waals surface area (Å²) in [5.74, 6) is 8.00. The lowest BCUT2D eigenvalue weighted by Crippen LogP contribution is -2.45. The molecular formula is C20H29N. The van der Waals surface area contributed by atoms with Gasteiger partial charge in [0.2, 0.25) is 0 Å². The Bertz CT molecular complexity index is 499. The van der Waals surface area contributed by atoms with Crippen LogP contribution in [0.25, 0.3) is 0 Å². The van der Waals surface area contributed by atoms with Gasteiger partial charge in [-0.15, -0.1) is 0 Å². The van der Waals surface area contributed by atoms with Gasteiger partial charge in [-0.05, 0) is 70.3 Å². The maximum absolute atomic E-state index is 3.48. The number of likely N-dealkylation sites (tertiary alicyclic amines) is 1. The zero-order chi connectivity index (χ0) is 15.5. The molecule has 1 heteroatoms. The summed E-state index contributed by atoms with van der Waals surface area (Å²) in [5.41, 5.74) is 2.84. The topological polar surface area (TPSA) is 3.24 Å². The summed E-state index contributed by atoms with van der Waals surface area (Å²) in [5, 5.41) is 0. The van der Waals surface area contributed by atoms with E-state index in [1.165, 1.54) is 31.5 Å². The van der Waals surface area contributed by atoms with E-state index < -0.39 is 0 Å². The van der Waals surface area contributed by atoms with Gasteiger partial charge in [0.25, 0.3) is 0 Å². The quantitative estimate of drug-likeness (QED) is 0.677. The van der Waals surface area contributed by atoms with Crippen molar-refractivity contribution < 1.29 is 0 Å². The standard InChI is InChI=1S/C20H29N/c1-16(2)19-10-8-17(9-11-19)6-7-18-12-14-21(15-13-18)20(3,4)5/h8-11,16,18H,12-15H2,1-5H3. The molecule has 0 aromatic heterocycles. The first kappa shape index (κ1) is 16.1. The van der Waals surface area contributed by atoms with Crippen molar-refractivity contribution in [3.63, 3.8) is 0 Å². The van der Waals surface area contributed by atoms with Crippen LogP contribution in [0.5, 0.6) is 0 Å². The van der Waals surface area contributed by atoms with Crippen LogP contribution in [0.2, 0.25) is 0 Å². The molecule has 1 nitrogen and oxygen atoms in total. The molecule has 1 saturated heterocycles. The van der Waals surface area contributed by atoms with Crippen molar-refractivity contribution in [2.24, 2.45) is 5.92 Å². The van der Waals surface area contributed by atoms with Crippen LogP contribution >= 0.6 is 0 Å². The van der Waals surface area contributed by atoms with Crippen LogP contribution in [0, 0.1) is 17.8 Å². The Morgan fingerprint density at radius 2 is 1.62 bits per heavy atom. The molecule has 0 amide bonds. The lowest BCUT2D eigenvalue weighted by atomic mass is 9.93. The largest absolute Gasteiger partial charge is 0.298 e. The van der Waals surface area contributed by atoms with Gasteiger partial charge in [0.05, 0.1) is 0 Å². The van der Waals surface area contributed by atoms with Crippen molar-refractivity contribution in [2.45, 2.75) is 58.9 Å². The molecule has 0 aliphatic carbocycles. The lowest BCUT2D eigenvalue weighted by molar-refractivity contribution is 0.0987. The SMILES string of the molecule is CC(C)c1ccc(C#CC2CCN(C(C)(C)C)CC2)cc1. The molecule has 0 radical (unpaired) electrons. The first-order chi connectivity index (χ1) is 9.86. The monoisotopic (exact) mass is 283 g/mol. The maximum Gasteiger partial charge on any atom is 0.0245 e. The highest BCUT2D eigenvalue weighted by Gasteiger charge is 2.25. The van der Waals surface area contributed by atoms with E-state index in [4.69, 9.17) is 0 Å². The second-order valence-corrected chi connectivity index (χ2v) is 7.48. The van der Waals surface area contributed by atoms with Gasteiger partial charge < -0.3 is 0 Å². The van der Waals surface area contributed by atoms with Gasteiger partial charge in [0, 0.05) is 17.0 Å². The van der Waals surface area contributed by atoms with Crippen LogP contribution < -0.4 is 0 Å². The molecule has 1 fully saturated rings. The molecule has 1 heterocycles. The zero-order valence-electron chi connectivity index (χ0n) is 14.2. The number of benzene rings is 1. The number of hydrogen-bond acceptors (Lipinski definition) is 1. The minimum atomic E-state index is 0.297. The molecule has 1 aromatic carbocycles. The van der Waals surface area contributed by atoms with Crippen LogP contribution in [0.4, 0.5) is 0 Å². The number of hydrogen-bond donors (Lipinski definition) is 0. The van der Waals surface area contributed by atoms with E-state index in [-0.39, 0.29) is 0 Å². The summed E-state index contributed by atoms with van der Waals surface area (Å²) >= 11 is 0. The fourth-order valence-electron chi connectivity index (χ4n) is 2.83. The molecule has 1 aliphatic rings. The highest BCUT2D eigenvalue weighted by molar-refractivity contribution is 5.37. The van der Waals surface area contributed by atoms with Crippen molar-refractivity contribution >= 4 is 0 Å². The third kappa shape index (κ3) is 4.61. The van der Waals surface area contributed by atoms with Gasteiger partial charge >= 0.3 is 0 Å². The molecule has 21 heavy (non-hydrogen) atoms. The Balaban J connectivity index is 1.92. The number of piperidine rings is 1. The molecule has 0 atom stereocenters. The van der Waals surface area contributed by atoms with E-state index in [9.17, 15) is 0 Å². The smallest absolute Gasteiger partial charge is 0.0245 e. The van der Waals surface area contributed by atoms with Gasteiger partial charge in [-0.2, -0.15) is 0 Å². The molecule has 0 saturated carbocycles. The average Bonchev–Trinajstić information content (AvgIpc) is 2.45. The molecule has 114 valence electrons. The summed E-state index contributed by atoms with van der Waals surface area (Å²) < 4.78 is 0. The molecule has 1 aliphatic heterocycles. The summed E-state index contributed by atoms with van der Waals surface area (Å²) in [4.78, 5) is 2.57. The van der Waals surface area contributed by atoms with E-state index in [0.29, 0.717) is 17.4 Å². The van der Waals surface area contributed by atoms with Gasteiger partial charge in [-0.3, -0.25) is 4.90 Å². The Hall–Kier alpha value is -1.26. The van der Waals surface area contributed by atoms with Gasteiger partial charge in [0.15, 0.2) is 0 Å². The predicted octanol–water partition coefficient (Wildman–Crippen LogP) is 4.67. The van der Waals surface area contributed by atoms with Crippen molar-refractivity contribution in [3.8, 4) is 11.8 Å². The Kier molecular flexibility index (Phi) is 5.12. The van der Waals surface area contributed by atoms with Crippen LogP contribution in [-0.2, 0) is 0 Å². The second-order valence-electron chi connectivity index (χ2n) is 7.48. The minimum Gasteiger partial charge on any atom is -0.298 e. The molecule has 0 bridgehead atoms. The average molecular weight is 283 g/mol. The fourth-order valence-corrected chi connectivity index (χ4v) is 2.83. The van der Waals surface area contributed by atoms with E-state index in [2.05, 4.69) is 75.6 Å². The van der Waals surface area contributed by atoms with Gasteiger partial charge in [0.1, 0.15) is 0 Å². The number of nitrogens with zero attached hydrogens (tertiary/aromatic N) is 1. The first-order valence-corrected chi connectivity index (χ1v) is 8.23. The highest BCUT2D eigenvalue weighted by atomic mass is 15.2. The Morgan fingerprint density at radius 3 is 2.10 bits per heavy atom. The first-order valence-electron chi connectivity index (χ1n) is 8.23. The van der Waals surface area contributed by atoms with E-state index in [0.717, 1.165) is 5.56 Å². The van der Waals surface area contributed by atoms with E-state index in [1.807, 2.05) is 0 Å². The summed E-state index contributed by atoms with van der Waals surface area (Å²) in [7, 11) is 0. The minimum absolute atomic E-state index is 0.297. The van der Waals surface area contributed by atoms with Crippen molar-refractivity contribution in [3.05, 3.63) is 35.4 Å². The Labute approximate surface area is 130 Å². The molecule has 0 spiro atoms. The van der Waals surface area contributed by atoms with Crippen LogP contribution in [0.3, 0.4) is 0 Å². The summed E-state index contributed by atoms with van der Waals surface area (Å²) in [6.07, 6.45) is 2.41. The van der Waals surface area contributed by atoms with E-state index >= 15 is 0 Å². The molecule has 2 rings (SSSR count). The van der Waals surface area contributed by atoms with Crippen LogP contribution in [-0.4, -0.2) is 23.5 Å².